The second kappa shape index (κ2) is 6.09. The second-order valence-corrected chi connectivity index (χ2v) is 5.81. The number of nitrogens with zero attached hydrogens (tertiary/aromatic N) is 2. The first-order chi connectivity index (χ1) is 9.84. The number of hydrogen-bond acceptors (Lipinski definition) is 3. The largest absolute Gasteiger partial charge is 0.334 e. The van der Waals surface area contributed by atoms with Crippen LogP contribution in [-0.2, 0) is 6.54 Å². The van der Waals surface area contributed by atoms with E-state index in [9.17, 15) is 4.79 Å². The molecule has 3 heterocycles. The molecule has 0 saturated carbocycles. The lowest BCUT2D eigenvalue weighted by Crippen LogP contribution is -2.44. The molecule has 1 aliphatic heterocycles. The van der Waals surface area contributed by atoms with Crippen LogP contribution in [0.25, 0.3) is 0 Å². The summed E-state index contributed by atoms with van der Waals surface area (Å²) in [5, 5.41) is 13.9. The van der Waals surface area contributed by atoms with Crippen LogP contribution in [0.4, 0.5) is 4.79 Å². The molecule has 2 aromatic heterocycles. The van der Waals surface area contributed by atoms with Crippen LogP contribution in [0, 0.1) is 0 Å². The van der Waals surface area contributed by atoms with Gasteiger partial charge in [0.25, 0.3) is 0 Å². The highest BCUT2D eigenvalue weighted by molar-refractivity contribution is 7.07. The maximum atomic E-state index is 12.4. The van der Waals surface area contributed by atoms with Crippen LogP contribution in [0.15, 0.2) is 29.2 Å². The minimum Gasteiger partial charge on any atom is -0.334 e. The number of nitrogens with one attached hydrogen (secondary N) is 2. The van der Waals surface area contributed by atoms with Crippen molar-refractivity contribution in [2.75, 3.05) is 6.54 Å². The summed E-state index contributed by atoms with van der Waals surface area (Å²) in [6.07, 6.45) is 6.93. The van der Waals surface area contributed by atoms with E-state index in [1.165, 1.54) is 0 Å². The number of carbonyl (C=O) groups excluding carboxylic acids is 1. The van der Waals surface area contributed by atoms with Gasteiger partial charge in [0.15, 0.2) is 0 Å². The molecule has 1 saturated heterocycles. The first-order valence-corrected chi connectivity index (χ1v) is 7.83. The average molecular weight is 290 g/mol. The number of rotatable bonds is 3. The maximum Gasteiger partial charge on any atom is 0.318 e. The van der Waals surface area contributed by atoms with Crippen molar-refractivity contribution in [3.8, 4) is 0 Å². The van der Waals surface area contributed by atoms with Gasteiger partial charge in [-0.15, -0.1) is 0 Å². The summed E-state index contributed by atoms with van der Waals surface area (Å²) in [6, 6.07) is 2.20. The van der Waals surface area contributed by atoms with Crippen LogP contribution in [0.2, 0.25) is 0 Å². The Morgan fingerprint density at radius 1 is 1.55 bits per heavy atom. The van der Waals surface area contributed by atoms with Gasteiger partial charge in [-0.05, 0) is 41.7 Å². The number of aromatic amines is 1. The molecule has 0 unspecified atom stereocenters. The molecule has 0 aliphatic carbocycles. The molecule has 2 N–H and O–H groups in total. The number of urea groups is 1. The van der Waals surface area contributed by atoms with E-state index in [2.05, 4.69) is 20.9 Å². The Labute approximate surface area is 122 Å². The third kappa shape index (κ3) is 2.85. The summed E-state index contributed by atoms with van der Waals surface area (Å²) in [7, 11) is 0. The summed E-state index contributed by atoms with van der Waals surface area (Å²) in [4.78, 5) is 14.3. The minimum absolute atomic E-state index is 0.0158. The standard InChI is InChI=1S/C14H18N4OS/c19-14(15-7-11-4-6-20-10-11)18-5-2-1-3-13(18)12-8-16-17-9-12/h4,6,8-10,13H,1-3,5,7H2,(H,15,19)(H,16,17)/t13-/m0/s1. The van der Waals surface area contributed by atoms with Crippen LogP contribution in [0.5, 0.6) is 0 Å². The topological polar surface area (TPSA) is 61.0 Å². The molecule has 1 fully saturated rings. The number of carbonyl (C=O) groups is 1. The molecule has 0 radical (unpaired) electrons. The van der Waals surface area contributed by atoms with Gasteiger partial charge in [-0.2, -0.15) is 16.4 Å². The highest BCUT2D eigenvalue weighted by atomic mass is 32.1. The van der Waals surface area contributed by atoms with Gasteiger partial charge in [0.2, 0.25) is 0 Å². The van der Waals surface area contributed by atoms with Gasteiger partial charge in [0.1, 0.15) is 0 Å². The molecule has 3 rings (SSSR count). The highest BCUT2D eigenvalue weighted by Gasteiger charge is 2.28. The normalized spacial score (nSPS) is 19.0. The zero-order valence-electron chi connectivity index (χ0n) is 11.2. The van der Waals surface area contributed by atoms with Crippen molar-refractivity contribution in [3.63, 3.8) is 0 Å². The predicted octanol–water partition coefficient (Wildman–Crippen LogP) is 2.91. The number of H-pyrrole nitrogens is 1. The van der Waals surface area contributed by atoms with Crippen LogP contribution in [0.1, 0.15) is 36.4 Å². The van der Waals surface area contributed by atoms with Gasteiger partial charge >= 0.3 is 6.03 Å². The lowest BCUT2D eigenvalue weighted by Gasteiger charge is -2.35. The monoisotopic (exact) mass is 290 g/mol. The molecule has 20 heavy (non-hydrogen) atoms. The quantitative estimate of drug-likeness (QED) is 0.913. The molecule has 6 heteroatoms. The Bertz CT molecular complexity index is 538. The van der Waals surface area contributed by atoms with Gasteiger partial charge in [-0.25, -0.2) is 4.79 Å². The van der Waals surface area contributed by atoms with E-state index < -0.39 is 0 Å². The van der Waals surface area contributed by atoms with Crippen LogP contribution in [-0.4, -0.2) is 27.7 Å². The van der Waals surface area contributed by atoms with E-state index in [1.807, 2.05) is 28.7 Å². The smallest absolute Gasteiger partial charge is 0.318 e. The van der Waals surface area contributed by atoms with E-state index in [0.29, 0.717) is 6.54 Å². The number of hydrogen-bond donors (Lipinski definition) is 2. The summed E-state index contributed by atoms with van der Waals surface area (Å²) in [6.45, 7) is 1.41. The second-order valence-electron chi connectivity index (χ2n) is 5.03. The number of thiophene rings is 1. The maximum absolute atomic E-state index is 12.4. The van der Waals surface area contributed by atoms with Crippen LogP contribution < -0.4 is 5.32 Å². The molecule has 1 aliphatic rings. The molecule has 106 valence electrons. The van der Waals surface area contributed by atoms with Crippen molar-refractivity contribution in [1.29, 1.82) is 0 Å². The molecule has 1 atom stereocenters. The molecular formula is C14H18N4OS. The summed E-state index contributed by atoms with van der Waals surface area (Å²) >= 11 is 1.65. The fraction of sp³-hybridized carbons (Fsp3) is 0.429. The Kier molecular flexibility index (Phi) is 4.01. The van der Waals surface area contributed by atoms with Crippen molar-refractivity contribution in [2.45, 2.75) is 31.8 Å². The van der Waals surface area contributed by atoms with E-state index in [4.69, 9.17) is 0 Å². The van der Waals surface area contributed by atoms with E-state index in [-0.39, 0.29) is 12.1 Å². The zero-order valence-corrected chi connectivity index (χ0v) is 12.0. The summed E-state index contributed by atoms with van der Waals surface area (Å²) in [5.41, 5.74) is 2.25. The first kappa shape index (κ1) is 13.2. The van der Waals surface area contributed by atoms with Crippen molar-refractivity contribution < 1.29 is 4.79 Å². The fourth-order valence-corrected chi connectivity index (χ4v) is 3.31. The van der Waals surface area contributed by atoms with E-state index in [0.717, 1.165) is 36.9 Å². The zero-order chi connectivity index (χ0) is 13.8. The molecule has 0 spiro atoms. The van der Waals surface area contributed by atoms with Gasteiger partial charge in [0.05, 0.1) is 12.2 Å². The Morgan fingerprint density at radius 3 is 3.25 bits per heavy atom. The minimum atomic E-state index is 0.0158. The molecule has 2 amide bonds. The summed E-state index contributed by atoms with van der Waals surface area (Å²) < 4.78 is 0. The van der Waals surface area contributed by atoms with Crippen LogP contribution in [0.3, 0.4) is 0 Å². The van der Waals surface area contributed by atoms with Crippen molar-refractivity contribution in [2.24, 2.45) is 0 Å². The fourth-order valence-electron chi connectivity index (χ4n) is 2.64. The Balaban J connectivity index is 1.65. The third-order valence-corrected chi connectivity index (χ3v) is 4.42. The van der Waals surface area contributed by atoms with Gasteiger partial charge in [-0.1, -0.05) is 0 Å². The first-order valence-electron chi connectivity index (χ1n) is 6.89. The van der Waals surface area contributed by atoms with Crippen molar-refractivity contribution in [3.05, 3.63) is 40.3 Å². The Morgan fingerprint density at radius 2 is 2.50 bits per heavy atom. The predicted molar refractivity (Wildman–Crippen MR) is 78.4 cm³/mol. The van der Waals surface area contributed by atoms with E-state index in [1.54, 1.807) is 11.3 Å². The lowest BCUT2D eigenvalue weighted by molar-refractivity contribution is 0.151. The van der Waals surface area contributed by atoms with Gasteiger partial charge < -0.3 is 10.2 Å². The van der Waals surface area contributed by atoms with Crippen molar-refractivity contribution in [1.82, 2.24) is 20.4 Å². The van der Waals surface area contributed by atoms with Crippen molar-refractivity contribution >= 4 is 17.4 Å². The van der Waals surface area contributed by atoms with Crippen LogP contribution >= 0.6 is 11.3 Å². The third-order valence-electron chi connectivity index (χ3n) is 3.69. The molecule has 5 nitrogen and oxygen atoms in total. The van der Waals surface area contributed by atoms with E-state index >= 15 is 0 Å². The molecule has 2 aromatic rings. The average Bonchev–Trinajstić information content (AvgIpc) is 3.18. The van der Waals surface area contributed by atoms with Gasteiger partial charge in [-0.3, -0.25) is 5.10 Å². The Hall–Kier alpha value is -1.82. The van der Waals surface area contributed by atoms with Gasteiger partial charge in [0, 0.05) is 24.8 Å². The number of aromatic nitrogens is 2. The molecule has 0 bridgehead atoms. The number of amides is 2. The highest BCUT2D eigenvalue weighted by Crippen LogP contribution is 2.30. The SMILES string of the molecule is O=C(NCc1ccsc1)N1CCCC[C@H]1c1cn[nH]c1. The number of likely N-dealkylation sites (tertiary alicyclic amines) is 1. The summed E-state index contributed by atoms with van der Waals surface area (Å²) in [5.74, 6) is 0. The lowest BCUT2D eigenvalue weighted by atomic mass is 9.98. The number of piperidine rings is 1. The molecular weight excluding hydrogens is 272 g/mol. The molecule has 0 aromatic carbocycles.